The van der Waals surface area contributed by atoms with Gasteiger partial charge >= 0.3 is 0 Å². The molecule has 1 aromatic carbocycles. The molecule has 0 bridgehead atoms. The summed E-state index contributed by atoms with van der Waals surface area (Å²) in [5.41, 5.74) is 3.29. The van der Waals surface area contributed by atoms with E-state index in [4.69, 9.17) is 4.98 Å². The number of nitrogens with one attached hydrogen (secondary N) is 1. The van der Waals surface area contributed by atoms with Crippen molar-refractivity contribution in [1.29, 1.82) is 0 Å². The molecule has 126 valence electrons. The number of hydrogen-bond acceptors (Lipinski definition) is 3. The minimum atomic E-state index is 0.0252. The molecule has 0 amide bonds. The molecule has 0 saturated carbocycles. The number of aromatic nitrogens is 6. The SMILES string of the molecule is Cc1cccc(-n2nc(C)nc2C(Cc2cnc[nH]2)n2cccc2)c1. The van der Waals surface area contributed by atoms with E-state index in [1.54, 1.807) is 6.33 Å². The lowest BCUT2D eigenvalue weighted by molar-refractivity contribution is 0.530. The summed E-state index contributed by atoms with van der Waals surface area (Å²) in [5, 5.41) is 4.65. The predicted octanol–water partition coefficient (Wildman–Crippen LogP) is 3.24. The Balaban J connectivity index is 1.82. The Bertz CT molecular complexity index is 950. The van der Waals surface area contributed by atoms with Gasteiger partial charge in [-0.2, -0.15) is 5.10 Å². The van der Waals surface area contributed by atoms with E-state index in [1.807, 2.05) is 36.0 Å². The van der Waals surface area contributed by atoms with E-state index in [0.717, 1.165) is 29.5 Å². The van der Waals surface area contributed by atoms with E-state index >= 15 is 0 Å². The second-order valence-electron chi connectivity index (χ2n) is 6.20. The van der Waals surface area contributed by atoms with E-state index in [1.165, 1.54) is 5.56 Å². The largest absolute Gasteiger partial charge is 0.348 e. The van der Waals surface area contributed by atoms with Crippen LogP contribution < -0.4 is 0 Å². The van der Waals surface area contributed by atoms with Gasteiger partial charge in [0.25, 0.3) is 0 Å². The zero-order chi connectivity index (χ0) is 17.2. The molecule has 3 heterocycles. The molecule has 4 aromatic rings. The van der Waals surface area contributed by atoms with Gasteiger partial charge in [-0.15, -0.1) is 0 Å². The van der Waals surface area contributed by atoms with Gasteiger partial charge in [0, 0.05) is 30.7 Å². The van der Waals surface area contributed by atoms with E-state index in [-0.39, 0.29) is 6.04 Å². The first-order valence-corrected chi connectivity index (χ1v) is 8.31. The maximum Gasteiger partial charge on any atom is 0.155 e. The minimum absolute atomic E-state index is 0.0252. The first-order chi connectivity index (χ1) is 12.2. The fraction of sp³-hybridized carbons (Fsp3) is 0.211. The van der Waals surface area contributed by atoms with Crippen molar-refractivity contribution in [3.05, 3.63) is 84.2 Å². The third-order valence-electron chi connectivity index (χ3n) is 4.24. The number of hydrogen-bond donors (Lipinski definition) is 1. The van der Waals surface area contributed by atoms with Crippen LogP contribution in [0.2, 0.25) is 0 Å². The molecule has 4 rings (SSSR count). The highest BCUT2D eigenvalue weighted by Gasteiger charge is 2.22. The normalized spacial score (nSPS) is 12.4. The topological polar surface area (TPSA) is 64.3 Å². The lowest BCUT2D eigenvalue weighted by atomic mass is 10.1. The molecule has 3 aromatic heterocycles. The fourth-order valence-electron chi connectivity index (χ4n) is 3.09. The van der Waals surface area contributed by atoms with E-state index in [9.17, 15) is 0 Å². The summed E-state index contributed by atoms with van der Waals surface area (Å²) >= 11 is 0. The number of H-pyrrole nitrogens is 1. The van der Waals surface area contributed by atoms with Crippen LogP contribution >= 0.6 is 0 Å². The lowest BCUT2D eigenvalue weighted by Crippen LogP contribution is -2.18. The Hall–Kier alpha value is -3.15. The maximum absolute atomic E-state index is 4.75. The molecule has 0 aliphatic carbocycles. The zero-order valence-corrected chi connectivity index (χ0v) is 14.3. The molecule has 1 N–H and O–H groups in total. The van der Waals surface area contributed by atoms with Crippen molar-refractivity contribution >= 4 is 0 Å². The number of aryl methyl sites for hydroxylation is 2. The molecule has 0 saturated heterocycles. The third kappa shape index (κ3) is 3.10. The van der Waals surface area contributed by atoms with Crippen molar-refractivity contribution in [2.75, 3.05) is 0 Å². The van der Waals surface area contributed by atoms with Gasteiger partial charge in [-0.1, -0.05) is 12.1 Å². The zero-order valence-electron chi connectivity index (χ0n) is 14.3. The first-order valence-electron chi connectivity index (χ1n) is 8.31. The maximum atomic E-state index is 4.75. The Kier molecular flexibility index (Phi) is 3.93. The molecule has 0 radical (unpaired) electrons. The number of aromatic amines is 1. The summed E-state index contributed by atoms with van der Waals surface area (Å²) in [4.78, 5) is 12.1. The predicted molar refractivity (Wildman–Crippen MR) is 95.7 cm³/mol. The molecule has 0 aliphatic heterocycles. The number of benzene rings is 1. The third-order valence-corrected chi connectivity index (χ3v) is 4.24. The van der Waals surface area contributed by atoms with Crippen LogP contribution in [-0.4, -0.2) is 29.3 Å². The highest BCUT2D eigenvalue weighted by Crippen LogP contribution is 2.24. The Labute approximate surface area is 146 Å². The van der Waals surface area contributed by atoms with Crippen LogP contribution in [0.25, 0.3) is 5.69 Å². The number of nitrogens with zero attached hydrogens (tertiary/aromatic N) is 5. The van der Waals surface area contributed by atoms with Gasteiger partial charge in [0.15, 0.2) is 5.82 Å². The average Bonchev–Trinajstić information content (AvgIpc) is 3.34. The van der Waals surface area contributed by atoms with Crippen molar-refractivity contribution in [2.24, 2.45) is 0 Å². The summed E-state index contributed by atoms with van der Waals surface area (Å²) in [6, 6.07) is 12.4. The molecule has 0 fully saturated rings. The highest BCUT2D eigenvalue weighted by molar-refractivity contribution is 5.36. The van der Waals surface area contributed by atoms with Gasteiger partial charge in [-0.05, 0) is 43.7 Å². The van der Waals surface area contributed by atoms with Crippen molar-refractivity contribution < 1.29 is 0 Å². The van der Waals surface area contributed by atoms with Crippen LogP contribution in [0.3, 0.4) is 0 Å². The van der Waals surface area contributed by atoms with Crippen LogP contribution in [0.15, 0.2) is 61.3 Å². The Morgan fingerprint density at radius 1 is 1.12 bits per heavy atom. The molecule has 1 atom stereocenters. The van der Waals surface area contributed by atoms with Gasteiger partial charge in [-0.3, -0.25) is 0 Å². The van der Waals surface area contributed by atoms with Crippen molar-refractivity contribution in [2.45, 2.75) is 26.3 Å². The van der Waals surface area contributed by atoms with Gasteiger partial charge in [0.05, 0.1) is 18.1 Å². The van der Waals surface area contributed by atoms with Crippen LogP contribution in [0.4, 0.5) is 0 Å². The van der Waals surface area contributed by atoms with Crippen LogP contribution in [0.5, 0.6) is 0 Å². The van der Waals surface area contributed by atoms with E-state index in [0.29, 0.717) is 0 Å². The van der Waals surface area contributed by atoms with E-state index in [2.05, 4.69) is 57.2 Å². The molecule has 6 heteroatoms. The smallest absolute Gasteiger partial charge is 0.155 e. The average molecular weight is 332 g/mol. The van der Waals surface area contributed by atoms with Crippen LogP contribution in [0, 0.1) is 13.8 Å². The number of imidazole rings is 1. The van der Waals surface area contributed by atoms with Gasteiger partial charge in [-0.25, -0.2) is 14.6 Å². The molecular weight excluding hydrogens is 312 g/mol. The molecule has 0 spiro atoms. The summed E-state index contributed by atoms with van der Waals surface area (Å²) in [7, 11) is 0. The second kappa shape index (κ2) is 6.39. The van der Waals surface area contributed by atoms with E-state index < -0.39 is 0 Å². The summed E-state index contributed by atoms with van der Waals surface area (Å²) in [6.45, 7) is 4.01. The number of rotatable bonds is 5. The highest BCUT2D eigenvalue weighted by atomic mass is 15.4. The molecule has 0 aliphatic rings. The molecule has 6 nitrogen and oxygen atoms in total. The standard InChI is InChI=1S/C19H20N6/c1-14-6-5-7-17(10-14)25-19(22-15(2)23-25)18(24-8-3-4-9-24)11-16-12-20-13-21-16/h3-10,12-13,18H,11H2,1-2H3,(H,20,21). The van der Waals surface area contributed by atoms with Crippen LogP contribution in [0.1, 0.15) is 28.9 Å². The van der Waals surface area contributed by atoms with Crippen molar-refractivity contribution in [3.8, 4) is 5.69 Å². The van der Waals surface area contributed by atoms with Crippen molar-refractivity contribution in [1.82, 2.24) is 29.3 Å². The van der Waals surface area contributed by atoms with Gasteiger partial charge in [0.1, 0.15) is 5.82 Å². The minimum Gasteiger partial charge on any atom is -0.348 e. The quantitative estimate of drug-likeness (QED) is 0.610. The fourth-order valence-corrected chi connectivity index (χ4v) is 3.09. The summed E-state index contributed by atoms with van der Waals surface area (Å²) in [5.74, 6) is 1.67. The van der Waals surface area contributed by atoms with Crippen LogP contribution in [-0.2, 0) is 6.42 Å². The summed E-state index contributed by atoms with van der Waals surface area (Å²) in [6.07, 6.45) is 8.45. The summed E-state index contributed by atoms with van der Waals surface area (Å²) < 4.78 is 4.11. The van der Waals surface area contributed by atoms with Gasteiger partial charge < -0.3 is 9.55 Å². The second-order valence-corrected chi connectivity index (χ2v) is 6.20. The Morgan fingerprint density at radius 2 is 1.96 bits per heavy atom. The Morgan fingerprint density at radius 3 is 2.68 bits per heavy atom. The molecule has 25 heavy (non-hydrogen) atoms. The van der Waals surface area contributed by atoms with Gasteiger partial charge in [0.2, 0.25) is 0 Å². The van der Waals surface area contributed by atoms with Crippen molar-refractivity contribution in [3.63, 3.8) is 0 Å². The lowest BCUT2D eigenvalue weighted by Gasteiger charge is -2.19. The monoisotopic (exact) mass is 332 g/mol. The molecule has 1 unspecified atom stereocenters. The first kappa shape index (κ1) is 15.4. The molecular formula is C19H20N6.